The molecule has 0 radical (unpaired) electrons. The third-order valence-corrected chi connectivity index (χ3v) is 4.15. The van der Waals surface area contributed by atoms with Crippen LogP contribution < -0.4 is 10.1 Å². The molecule has 3 rings (SSSR count). The Balaban J connectivity index is 1.72. The fraction of sp³-hybridized carbons (Fsp3) is 0.444. The molecule has 5 heteroatoms. The van der Waals surface area contributed by atoms with Crippen LogP contribution in [0.1, 0.15) is 32.0 Å². The highest BCUT2D eigenvalue weighted by atomic mass is 16.5. The molecule has 1 atom stereocenters. The van der Waals surface area contributed by atoms with E-state index in [0.29, 0.717) is 13.0 Å². The van der Waals surface area contributed by atoms with Crippen LogP contribution in [0.2, 0.25) is 0 Å². The maximum Gasteiger partial charge on any atom is 0.232 e. The number of para-hydroxylation sites is 1. The first-order valence-corrected chi connectivity index (χ1v) is 7.90. The minimum absolute atomic E-state index is 0.0250. The summed E-state index contributed by atoms with van der Waals surface area (Å²) in [6, 6.07) is 9.81. The Morgan fingerprint density at radius 1 is 1.35 bits per heavy atom. The van der Waals surface area contributed by atoms with E-state index in [9.17, 15) is 4.79 Å². The Morgan fingerprint density at radius 3 is 2.78 bits per heavy atom. The van der Waals surface area contributed by atoms with Gasteiger partial charge in [-0.2, -0.15) is 5.10 Å². The van der Waals surface area contributed by atoms with Gasteiger partial charge in [0, 0.05) is 18.5 Å². The minimum Gasteiger partial charge on any atom is -0.492 e. The van der Waals surface area contributed by atoms with E-state index in [-0.39, 0.29) is 17.2 Å². The number of nitrogens with one attached hydrogen (secondary N) is 1. The average Bonchev–Trinajstić information content (AvgIpc) is 2.88. The zero-order chi connectivity index (χ0) is 16.6. The predicted molar refractivity (Wildman–Crippen MR) is 89.7 cm³/mol. The van der Waals surface area contributed by atoms with Crippen molar-refractivity contribution in [2.75, 3.05) is 11.9 Å². The second-order valence-electron chi connectivity index (χ2n) is 7.10. The summed E-state index contributed by atoms with van der Waals surface area (Å²) in [6.45, 7) is 6.72. The lowest BCUT2D eigenvalue weighted by molar-refractivity contribution is -0.121. The summed E-state index contributed by atoms with van der Waals surface area (Å²) in [7, 11) is 1.84. The molecule has 0 aliphatic carbocycles. The molecule has 1 aliphatic rings. The van der Waals surface area contributed by atoms with Crippen molar-refractivity contribution >= 4 is 11.7 Å². The monoisotopic (exact) mass is 313 g/mol. The standard InChI is InChI=1S/C18H23N3O2/c1-18(2,3)15-10-16(21(4)20-15)19-17(22)13-9-12-7-5-6-8-14(12)23-11-13/h5-8,10,13H,9,11H2,1-4H3,(H,19,22)/t13-/m0/s1. The Labute approximate surface area is 136 Å². The normalized spacial score (nSPS) is 17.3. The second kappa shape index (κ2) is 5.72. The van der Waals surface area contributed by atoms with Crippen molar-refractivity contribution in [2.24, 2.45) is 13.0 Å². The summed E-state index contributed by atoms with van der Waals surface area (Å²) in [5, 5.41) is 7.47. The van der Waals surface area contributed by atoms with E-state index in [4.69, 9.17) is 4.74 Å². The fourth-order valence-corrected chi connectivity index (χ4v) is 2.68. The first kappa shape index (κ1) is 15.6. The van der Waals surface area contributed by atoms with Gasteiger partial charge in [0.1, 0.15) is 18.2 Å². The summed E-state index contributed by atoms with van der Waals surface area (Å²) < 4.78 is 7.42. The van der Waals surface area contributed by atoms with Crippen LogP contribution in [0.5, 0.6) is 5.75 Å². The van der Waals surface area contributed by atoms with Crippen LogP contribution in [0.15, 0.2) is 30.3 Å². The predicted octanol–water partition coefficient (Wildman–Crippen LogP) is 2.91. The van der Waals surface area contributed by atoms with Gasteiger partial charge in [-0.05, 0) is 18.1 Å². The van der Waals surface area contributed by atoms with Crippen LogP contribution in [-0.4, -0.2) is 22.3 Å². The van der Waals surface area contributed by atoms with Crippen LogP contribution in [-0.2, 0) is 23.7 Å². The van der Waals surface area contributed by atoms with Gasteiger partial charge in [0.15, 0.2) is 0 Å². The fourth-order valence-electron chi connectivity index (χ4n) is 2.68. The smallest absolute Gasteiger partial charge is 0.232 e. The molecule has 23 heavy (non-hydrogen) atoms. The minimum atomic E-state index is -0.183. The van der Waals surface area contributed by atoms with E-state index >= 15 is 0 Å². The third kappa shape index (κ3) is 3.23. The molecule has 1 aliphatic heterocycles. The summed E-state index contributed by atoms with van der Waals surface area (Å²) in [5.74, 6) is 1.40. The van der Waals surface area contributed by atoms with Crippen molar-refractivity contribution in [1.82, 2.24) is 9.78 Å². The molecule has 122 valence electrons. The van der Waals surface area contributed by atoms with Gasteiger partial charge >= 0.3 is 0 Å². The number of carbonyl (C=O) groups is 1. The molecule has 2 aromatic rings. The highest BCUT2D eigenvalue weighted by molar-refractivity contribution is 5.92. The zero-order valence-electron chi connectivity index (χ0n) is 14.1. The van der Waals surface area contributed by atoms with Crippen LogP contribution in [0.3, 0.4) is 0 Å². The number of hydrogen-bond acceptors (Lipinski definition) is 3. The summed E-state index contributed by atoms with van der Waals surface area (Å²) in [5.41, 5.74) is 1.99. The van der Waals surface area contributed by atoms with Gasteiger partial charge in [-0.25, -0.2) is 0 Å². The number of anilines is 1. The number of aryl methyl sites for hydroxylation is 1. The van der Waals surface area contributed by atoms with Crippen molar-refractivity contribution in [1.29, 1.82) is 0 Å². The lowest BCUT2D eigenvalue weighted by Crippen LogP contribution is -2.33. The second-order valence-corrected chi connectivity index (χ2v) is 7.10. The number of carbonyl (C=O) groups excluding carboxylic acids is 1. The molecule has 1 aromatic carbocycles. The van der Waals surface area contributed by atoms with Crippen LogP contribution in [0.4, 0.5) is 5.82 Å². The molecule has 0 saturated carbocycles. The molecular formula is C18H23N3O2. The number of amides is 1. The highest BCUT2D eigenvalue weighted by Gasteiger charge is 2.27. The van der Waals surface area contributed by atoms with Gasteiger partial charge in [0.2, 0.25) is 5.91 Å². The topological polar surface area (TPSA) is 56.2 Å². The van der Waals surface area contributed by atoms with E-state index in [1.54, 1.807) is 4.68 Å². The van der Waals surface area contributed by atoms with Crippen molar-refractivity contribution in [3.05, 3.63) is 41.6 Å². The quantitative estimate of drug-likeness (QED) is 0.927. The van der Waals surface area contributed by atoms with Crippen molar-refractivity contribution < 1.29 is 9.53 Å². The number of nitrogens with zero attached hydrogens (tertiary/aromatic N) is 2. The average molecular weight is 313 g/mol. The molecule has 2 heterocycles. The van der Waals surface area contributed by atoms with E-state index < -0.39 is 0 Å². The zero-order valence-corrected chi connectivity index (χ0v) is 14.1. The Morgan fingerprint density at radius 2 is 2.09 bits per heavy atom. The van der Waals surface area contributed by atoms with Crippen LogP contribution in [0, 0.1) is 5.92 Å². The Kier molecular flexibility index (Phi) is 3.88. The number of aromatic nitrogens is 2. The van der Waals surface area contributed by atoms with Gasteiger partial charge < -0.3 is 10.1 Å². The molecular weight excluding hydrogens is 290 g/mol. The van der Waals surface area contributed by atoms with Crippen molar-refractivity contribution in [3.8, 4) is 5.75 Å². The lowest BCUT2D eigenvalue weighted by Gasteiger charge is -2.24. The van der Waals surface area contributed by atoms with E-state index in [1.165, 1.54) is 0 Å². The van der Waals surface area contributed by atoms with Gasteiger partial charge in [0.25, 0.3) is 0 Å². The molecule has 1 N–H and O–H groups in total. The van der Waals surface area contributed by atoms with E-state index in [1.807, 2.05) is 37.4 Å². The first-order valence-electron chi connectivity index (χ1n) is 7.90. The summed E-state index contributed by atoms with van der Waals surface area (Å²) in [6.07, 6.45) is 0.700. The first-order chi connectivity index (χ1) is 10.8. The summed E-state index contributed by atoms with van der Waals surface area (Å²) in [4.78, 5) is 12.6. The van der Waals surface area contributed by atoms with Crippen molar-refractivity contribution in [2.45, 2.75) is 32.6 Å². The third-order valence-electron chi connectivity index (χ3n) is 4.15. The lowest BCUT2D eigenvalue weighted by atomic mass is 9.92. The largest absolute Gasteiger partial charge is 0.492 e. The van der Waals surface area contributed by atoms with Gasteiger partial charge in [-0.1, -0.05) is 39.0 Å². The number of benzene rings is 1. The van der Waals surface area contributed by atoms with E-state index in [0.717, 1.165) is 22.8 Å². The Hall–Kier alpha value is -2.30. The molecule has 1 amide bonds. The molecule has 0 unspecified atom stereocenters. The van der Waals surface area contributed by atoms with Crippen LogP contribution in [0.25, 0.3) is 0 Å². The SMILES string of the molecule is Cn1nc(C(C)(C)C)cc1NC(=O)[C@@H]1COc2ccccc2C1. The number of ether oxygens (including phenoxy) is 1. The van der Waals surface area contributed by atoms with Gasteiger partial charge in [-0.3, -0.25) is 9.48 Å². The number of fused-ring (bicyclic) bond motifs is 1. The Bertz CT molecular complexity index is 728. The van der Waals surface area contributed by atoms with Gasteiger partial charge in [0.05, 0.1) is 11.6 Å². The molecule has 0 saturated heterocycles. The highest BCUT2D eigenvalue weighted by Crippen LogP contribution is 2.28. The van der Waals surface area contributed by atoms with E-state index in [2.05, 4.69) is 31.2 Å². The molecule has 0 fully saturated rings. The molecule has 0 spiro atoms. The molecule has 1 aromatic heterocycles. The van der Waals surface area contributed by atoms with Gasteiger partial charge in [-0.15, -0.1) is 0 Å². The number of rotatable bonds is 2. The molecule has 0 bridgehead atoms. The maximum absolute atomic E-state index is 12.6. The maximum atomic E-state index is 12.6. The molecule has 5 nitrogen and oxygen atoms in total. The van der Waals surface area contributed by atoms with Crippen molar-refractivity contribution in [3.63, 3.8) is 0 Å². The summed E-state index contributed by atoms with van der Waals surface area (Å²) >= 11 is 0. The number of hydrogen-bond donors (Lipinski definition) is 1. The van der Waals surface area contributed by atoms with Crippen LogP contribution >= 0.6 is 0 Å².